The van der Waals surface area contributed by atoms with Gasteiger partial charge in [0.2, 0.25) is 0 Å². The fourth-order valence-corrected chi connectivity index (χ4v) is 3.26. The van der Waals surface area contributed by atoms with Crippen LogP contribution in [0.2, 0.25) is 0 Å². The summed E-state index contributed by atoms with van der Waals surface area (Å²) in [5, 5.41) is 7.93. The van der Waals surface area contributed by atoms with E-state index in [1.807, 2.05) is 13.8 Å². The number of carbonyl (C=O) groups excluding carboxylic acids is 2. The number of ether oxygens (including phenoxy) is 1. The average molecular weight is 516 g/mol. The Hall–Kier alpha value is -3.92. The highest BCUT2D eigenvalue weighted by atomic mass is 32.1. The highest BCUT2D eigenvalue weighted by Gasteiger charge is 2.30. The number of amides is 2. The molecule has 188 valence electrons. The maximum Gasteiger partial charge on any atom is 0.416 e. The number of alkyl halides is 3. The minimum Gasteiger partial charge on any atom is -0.492 e. The van der Waals surface area contributed by atoms with E-state index in [9.17, 15) is 22.8 Å². The molecule has 0 aliphatic heterocycles. The SMILES string of the molecule is CC(C)COc1ccccc1C(=O)NC(=S)Nc1ccc(C(=O)Nc2cccc(C(F)(F)F)c2)cc1. The summed E-state index contributed by atoms with van der Waals surface area (Å²) in [7, 11) is 0. The van der Waals surface area contributed by atoms with Gasteiger partial charge in [-0.1, -0.05) is 32.0 Å². The van der Waals surface area contributed by atoms with Gasteiger partial charge in [0.05, 0.1) is 17.7 Å². The molecule has 3 aromatic carbocycles. The van der Waals surface area contributed by atoms with Crippen LogP contribution in [0.5, 0.6) is 5.75 Å². The van der Waals surface area contributed by atoms with Crippen LogP contribution in [0.25, 0.3) is 0 Å². The molecule has 3 N–H and O–H groups in total. The number of rotatable bonds is 7. The second kappa shape index (κ2) is 11.7. The van der Waals surface area contributed by atoms with E-state index in [0.717, 1.165) is 12.1 Å². The molecule has 0 aliphatic carbocycles. The van der Waals surface area contributed by atoms with E-state index < -0.39 is 23.6 Å². The van der Waals surface area contributed by atoms with Crippen LogP contribution < -0.4 is 20.7 Å². The van der Waals surface area contributed by atoms with Crippen LogP contribution in [0.1, 0.15) is 40.1 Å². The molecule has 6 nitrogen and oxygen atoms in total. The molecule has 0 heterocycles. The van der Waals surface area contributed by atoms with Crippen molar-refractivity contribution in [3.05, 3.63) is 89.5 Å². The number of nitrogens with one attached hydrogen (secondary N) is 3. The Morgan fingerprint density at radius 1 is 0.889 bits per heavy atom. The normalized spacial score (nSPS) is 11.1. The molecule has 36 heavy (non-hydrogen) atoms. The van der Waals surface area contributed by atoms with Crippen LogP contribution in [0.3, 0.4) is 0 Å². The summed E-state index contributed by atoms with van der Waals surface area (Å²) in [6.45, 7) is 4.46. The molecule has 0 bridgehead atoms. The number of hydrogen-bond acceptors (Lipinski definition) is 4. The lowest BCUT2D eigenvalue weighted by Crippen LogP contribution is -2.34. The predicted molar refractivity (Wildman–Crippen MR) is 136 cm³/mol. The molecule has 0 spiro atoms. The second-order valence-corrected chi connectivity index (χ2v) is 8.63. The maximum absolute atomic E-state index is 12.9. The van der Waals surface area contributed by atoms with Gasteiger partial charge in [-0.2, -0.15) is 13.2 Å². The predicted octanol–water partition coefficient (Wildman–Crippen LogP) is 6.12. The van der Waals surface area contributed by atoms with Gasteiger partial charge in [-0.3, -0.25) is 14.9 Å². The first kappa shape index (κ1) is 26.7. The molecule has 0 radical (unpaired) electrons. The van der Waals surface area contributed by atoms with Crippen LogP contribution in [-0.2, 0) is 6.18 Å². The lowest BCUT2D eigenvalue weighted by atomic mass is 10.1. The van der Waals surface area contributed by atoms with Crippen LogP contribution in [0, 0.1) is 5.92 Å². The Balaban J connectivity index is 1.59. The van der Waals surface area contributed by atoms with Gasteiger partial charge in [-0.15, -0.1) is 0 Å². The van der Waals surface area contributed by atoms with Crippen LogP contribution in [0.15, 0.2) is 72.8 Å². The van der Waals surface area contributed by atoms with Crippen LogP contribution in [0.4, 0.5) is 24.5 Å². The lowest BCUT2D eigenvalue weighted by Gasteiger charge is -2.14. The number of halogens is 3. The number of anilines is 2. The molecule has 0 atom stereocenters. The Kier molecular flexibility index (Phi) is 8.65. The minimum absolute atomic E-state index is 0.0265. The summed E-state index contributed by atoms with van der Waals surface area (Å²) in [5.74, 6) is -0.277. The average Bonchev–Trinajstić information content (AvgIpc) is 2.83. The monoisotopic (exact) mass is 515 g/mol. The van der Waals surface area contributed by atoms with Gasteiger partial charge in [0, 0.05) is 16.9 Å². The van der Waals surface area contributed by atoms with Crippen molar-refractivity contribution in [2.24, 2.45) is 5.92 Å². The van der Waals surface area contributed by atoms with E-state index in [4.69, 9.17) is 17.0 Å². The molecular weight excluding hydrogens is 491 g/mol. The summed E-state index contributed by atoms with van der Waals surface area (Å²) in [6.07, 6.45) is -4.51. The van der Waals surface area contributed by atoms with E-state index in [2.05, 4.69) is 16.0 Å². The molecular formula is C26H24F3N3O3S. The highest BCUT2D eigenvalue weighted by molar-refractivity contribution is 7.80. The zero-order chi connectivity index (χ0) is 26.3. The van der Waals surface area contributed by atoms with Crippen molar-refractivity contribution >= 4 is 40.5 Å². The Morgan fingerprint density at radius 2 is 1.58 bits per heavy atom. The lowest BCUT2D eigenvalue weighted by molar-refractivity contribution is -0.137. The molecule has 0 fully saturated rings. The van der Waals surface area contributed by atoms with E-state index in [1.165, 1.54) is 24.3 Å². The topological polar surface area (TPSA) is 79.5 Å². The van der Waals surface area contributed by atoms with Crippen molar-refractivity contribution < 1.29 is 27.5 Å². The molecule has 0 unspecified atom stereocenters. The fourth-order valence-electron chi connectivity index (χ4n) is 3.05. The molecule has 0 aliphatic rings. The van der Waals surface area contributed by atoms with Crippen LogP contribution in [-0.4, -0.2) is 23.5 Å². The first-order chi connectivity index (χ1) is 17.0. The standard InChI is InChI=1S/C26H24F3N3O3S/c1-16(2)15-35-22-9-4-3-8-21(22)24(34)32-25(36)31-19-12-10-17(11-13-19)23(33)30-20-7-5-6-18(14-20)26(27,28)29/h3-14,16H,15H2,1-2H3,(H,30,33)(H2,31,32,34,36). The third-order valence-electron chi connectivity index (χ3n) is 4.78. The zero-order valence-electron chi connectivity index (χ0n) is 19.5. The minimum atomic E-state index is -4.51. The van der Waals surface area contributed by atoms with E-state index in [0.29, 0.717) is 29.5 Å². The van der Waals surface area contributed by atoms with E-state index in [1.54, 1.807) is 36.4 Å². The molecule has 0 saturated carbocycles. The van der Waals surface area contributed by atoms with E-state index in [-0.39, 0.29) is 16.4 Å². The third kappa shape index (κ3) is 7.54. The molecule has 0 saturated heterocycles. The maximum atomic E-state index is 12.9. The van der Waals surface area contributed by atoms with Crippen molar-refractivity contribution in [3.8, 4) is 5.75 Å². The van der Waals surface area contributed by atoms with Crippen molar-refractivity contribution in [2.75, 3.05) is 17.2 Å². The van der Waals surface area contributed by atoms with Crippen molar-refractivity contribution in [1.29, 1.82) is 0 Å². The first-order valence-electron chi connectivity index (χ1n) is 11.0. The number of para-hydroxylation sites is 1. The molecule has 3 aromatic rings. The molecule has 3 rings (SSSR count). The molecule has 0 aromatic heterocycles. The highest BCUT2D eigenvalue weighted by Crippen LogP contribution is 2.30. The fraction of sp³-hybridized carbons (Fsp3) is 0.192. The summed E-state index contributed by atoms with van der Waals surface area (Å²) in [6, 6.07) is 17.3. The Morgan fingerprint density at radius 3 is 2.25 bits per heavy atom. The van der Waals surface area contributed by atoms with Gasteiger partial charge < -0.3 is 15.4 Å². The number of hydrogen-bond donors (Lipinski definition) is 3. The van der Waals surface area contributed by atoms with Gasteiger partial charge in [0.25, 0.3) is 11.8 Å². The number of thiocarbonyl (C=S) groups is 1. The summed E-state index contributed by atoms with van der Waals surface area (Å²) in [4.78, 5) is 25.1. The van der Waals surface area contributed by atoms with Gasteiger partial charge >= 0.3 is 6.18 Å². The quantitative estimate of drug-likeness (QED) is 0.331. The first-order valence-corrected chi connectivity index (χ1v) is 11.4. The van der Waals surface area contributed by atoms with Crippen molar-refractivity contribution in [1.82, 2.24) is 5.32 Å². The third-order valence-corrected chi connectivity index (χ3v) is 4.99. The van der Waals surface area contributed by atoms with Crippen molar-refractivity contribution in [2.45, 2.75) is 20.0 Å². The second-order valence-electron chi connectivity index (χ2n) is 8.22. The Labute approximate surface area is 211 Å². The summed E-state index contributed by atoms with van der Waals surface area (Å²) < 4.78 is 44.3. The number of carbonyl (C=O) groups is 2. The smallest absolute Gasteiger partial charge is 0.416 e. The van der Waals surface area contributed by atoms with E-state index >= 15 is 0 Å². The van der Waals surface area contributed by atoms with Gasteiger partial charge in [0.1, 0.15) is 5.75 Å². The van der Waals surface area contributed by atoms with Gasteiger partial charge in [0.15, 0.2) is 5.11 Å². The van der Waals surface area contributed by atoms with Gasteiger partial charge in [-0.25, -0.2) is 0 Å². The molecule has 2 amide bonds. The zero-order valence-corrected chi connectivity index (χ0v) is 20.3. The van der Waals surface area contributed by atoms with Crippen molar-refractivity contribution in [3.63, 3.8) is 0 Å². The molecule has 10 heteroatoms. The Bertz CT molecular complexity index is 1240. The summed E-state index contributed by atoms with van der Waals surface area (Å²) in [5.41, 5.74) is 0.233. The summed E-state index contributed by atoms with van der Waals surface area (Å²) >= 11 is 5.22. The van der Waals surface area contributed by atoms with Crippen LogP contribution >= 0.6 is 12.2 Å². The largest absolute Gasteiger partial charge is 0.492 e. The number of benzene rings is 3. The van der Waals surface area contributed by atoms with Gasteiger partial charge in [-0.05, 0) is 72.7 Å².